The van der Waals surface area contributed by atoms with Crippen molar-refractivity contribution < 1.29 is 30.7 Å². The molecule has 0 saturated carbocycles. The fourth-order valence-corrected chi connectivity index (χ4v) is 2.45. The molecule has 1 atom stereocenters. The van der Waals surface area contributed by atoms with Crippen LogP contribution in [-0.4, -0.2) is 37.3 Å². The summed E-state index contributed by atoms with van der Waals surface area (Å²) in [4.78, 5) is 0.940. The Morgan fingerprint density at radius 2 is 1.59 bits per heavy atom. The molecule has 0 unspecified atom stereocenters. The van der Waals surface area contributed by atoms with Crippen molar-refractivity contribution in [3.8, 4) is 0 Å². The van der Waals surface area contributed by atoms with E-state index >= 15 is 0 Å². The van der Waals surface area contributed by atoms with Crippen LogP contribution in [0.4, 0.5) is 30.7 Å². The van der Waals surface area contributed by atoms with Gasteiger partial charge in [-0.05, 0) is 18.2 Å². The van der Waals surface area contributed by atoms with Gasteiger partial charge in [0.15, 0.2) is 0 Å². The van der Waals surface area contributed by atoms with Gasteiger partial charge in [0, 0.05) is 31.7 Å². The lowest BCUT2D eigenvalue weighted by Crippen LogP contribution is -2.49. The highest BCUT2D eigenvalue weighted by Crippen LogP contribution is 2.41. The minimum atomic E-state index is -4.87. The quantitative estimate of drug-likeness (QED) is 0.837. The summed E-state index contributed by atoms with van der Waals surface area (Å²) >= 11 is 0. The maximum absolute atomic E-state index is 13.8. The number of nitrogens with zero attached hydrogens (tertiary/aromatic N) is 1. The van der Waals surface area contributed by atoms with Crippen molar-refractivity contribution in [1.82, 2.24) is 10.2 Å². The molecule has 0 aromatic heterocycles. The summed E-state index contributed by atoms with van der Waals surface area (Å²) in [7, 11) is 0. The number of hydrogen-bond donors (Lipinski definition) is 1. The predicted molar refractivity (Wildman–Crippen MR) is 64.6 cm³/mol. The lowest BCUT2D eigenvalue weighted by molar-refractivity contribution is -0.189. The van der Waals surface area contributed by atoms with Crippen LogP contribution in [0, 0.1) is 5.82 Å². The van der Waals surface area contributed by atoms with E-state index in [9.17, 15) is 30.7 Å². The maximum atomic E-state index is 13.8. The topological polar surface area (TPSA) is 15.3 Å². The fourth-order valence-electron chi connectivity index (χ4n) is 2.45. The van der Waals surface area contributed by atoms with Crippen LogP contribution in [-0.2, 0) is 6.18 Å². The first-order valence-electron chi connectivity index (χ1n) is 6.49. The molecule has 1 aliphatic heterocycles. The van der Waals surface area contributed by atoms with Crippen LogP contribution in [0.5, 0.6) is 0 Å². The van der Waals surface area contributed by atoms with Gasteiger partial charge >= 0.3 is 12.4 Å². The first-order valence-corrected chi connectivity index (χ1v) is 6.49. The summed E-state index contributed by atoms with van der Waals surface area (Å²) in [5.41, 5.74) is -2.29. The van der Waals surface area contributed by atoms with Crippen molar-refractivity contribution >= 4 is 0 Å². The van der Waals surface area contributed by atoms with Crippen molar-refractivity contribution in [3.63, 3.8) is 0 Å². The molecule has 1 saturated heterocycles. The van der Waals surface area contributed by atoms with E-state index < -0.39 is 35.3 Å². The normalized spacial score (nSPS) is 19.2. The number of rotatable bonds is 2. The second-order valence-corrected chi connectivity index (χ2v) is 4.96. The van der Waals surface area contributed by atoms with Crippen molar-refractivity contribution in [2.75, 3.05) is 26.2 Å². The largest absolute Gasteiger partial charge is 0.416 e. The van der Waals surface area contributed by atoms with Crippen molar-refractivity contribution in [2.24, 2.45) is 0 Å². The number of halogens is 7. The number of piperazine rings is 1. The predicted octanol–water partition coefficient (Wildman–Crippen LogP) is 3.35. The molecule has 2 rings (SSSR count). The molecule has 0 aliphatic carbocycles. The summed E-state index contributed by atoms with van der Waals surface area (Å²) < 4.78 is 91.7. The number of benzene rings is 1. The zero-order chi connectivity index (χ0) is 16.5. The molecular weight excluding hydrogens is 317 g/mol. The first kappa shape index (κ1) is 17.0. The lowest BCUT2D eigenvalue weighted by atomic mass is 10.00. The minimum absolute atomic E-state index is 0.0279. The average Bonchev–Trinajstić information content (AvgIpc) is 2.39. The molecule has 2 nitrogen and oxygen atoms in total. The molecule has 0 amide bonds. The summed E-state index contributed by atoms with van der Waals surface area (Å²) in [6, 6.07) is -1.28. The van der Waals surface area contributed by atoms with E-state index in [0.717, 1.165) is 4.90 Å². The molecule has 0 bridgehead atoms. The smallest absolute Gasteiger partial charge is 0.314 e. The average molecular weight is 330 g/mol. The molecule has 9 heteroatoms. The van der Waals surface area contributed by atoms with E-state index in [1.165, 1.54) is 0 Å². The Labute approximate surface area is 121 Å². The van der Waals surface area contributed by atoms with Crippen LogP contribution in [0.3, 0.4) is 0 Å². The second-order valence-electron chi connectivity index (χ2n) is 4.96. The molecule has 1 aliphatic rings. The molecular formula is C13H13F7N2. The Morgan fingerprint density at radius 1 is 1.00 bits per heavy atom. The Bertz CT molecular complexity index is 518. The maximum Gasteiger partial charge on any atom is 0.416 e. The lowest BCUT2D eigenvalue weighted by Gasteiger charge is -2.36. The van der Waals surface area contributed by atoms with Gasteiger partial charge in [-0.15, -0.1) is 0 Å². The van der Waals surface area contributed by atoms with Crippen LogP contribution in [0.2, 0.25) is 0 Å². The molecule has 1 aromatic carbocycles. The fraction of sp³-hybridized carbons (Fsp3) is 0.538. The van der Waals surface area contributed by atoms with Gasteiger partial charge in [0.05, 0.1) is 5.56 Å². The third-order valence-electron chi connectivity index (χ3n) is 3.44. The van der Waals surface area contributed by atoms with Gasteiger partial charge in [0.25, 0.3) is 0 Å². The highest BCUT2D eigenvalue weighted by molar-refractivity contribution is 5.30. The van der Waals surface area contributed by atoms with Crippen LogP contribution in [0.15, 0.2) is 18.2 Å². The SMILES string of the molecule is Fc1ccc(C(F)(F)F)cc1[C@H](N1CCNCC1)C(F)(F)F. The minimum Gasteiger partial charge on any atom is -0.314 e. The van der Waals surface area contributed by atoms with E-state index in [1.54, 1.807) is 0 Å². The number of hydrogen-bond acceptors (Lipinski definition) is 2. The van der Waals surface area contributed by atoms with Crippen LogP contribution in [0.25, 0.3) is 0 Å². The van der Waals surface area contributed by atoms with Gasteiger partial charge in [-0.1, -0.05) is 0 Å². The monoisotopic (exact) mass is 330 g/mol. The molecule has 0 spiro atoms. The van der Waals surface area contributed by atoms with E-state index in [1.807, 2.05) is 0 Å². The molecule has 124 valence electrons. The van der Waals surface area contributed by atoms with E-state index in [4.69, 9.17) is 0 Å². The van der Waals surface area contributed by atoms with Gasteiger partial charge in [-0.25, -0.2) is 4.39 Å². The van der Waals surface area contributed by atoms with Gasteiger partial charge in [-0.3, -0.25) is 4.90 Å². The zero-order valence-corrected chi connectivity index (χ0v) is 11.2. The van der Waals surface area contributed by atoms with Crippen LogP contribution >= 0.6 is 0 Å². The second kappa shape index (κ2) is 6.04. The molecule has 1 N–H and O–H groups in total. The molecule has 0 radical (unpaired) electrons. The Balaban J connectivity index is 2.47. The van der Waals surface area contributed by atoms with E-state index in [-0.39, 0.29) is 32.2 Å². The van der Waals surface area contributed by atoms with E-state index in [2.05, 4.69) is 5.32 Å². The Hall–Kier alpha value is -1.35. The third kappa shape index (κ3) is 3.70. The zero-order valence-electron chi connectivity index (χ0n) is 11.2. The number of nitrogens with one attached hydrogen (secondary N) is 1. The van der Waals surface area contributed by atoms with Gasteiger partial charge < -0.3 is 5.32 Å². The Morgan fingerprint density at radius 3 is 2.09 bits per heavy atom. The van der Waals surface area contributed by atoms with Gasteiger partial charge in [0.1, 0.15) is 11.9 Å². The number of alkyl halides is 6. The molecule has 1 aromatic rings. The van der Waals surface area contributed by atoms with Crippen molar-refractivity contribution in [1.29, 1.82) is 0 Å². The summed E-state index contributed by atoms with van der Waals surface area (Å²) in [6.07, 6.45) is -9.70. The third-order valence-corrected chi connectivity index (χ3v) is 3.44. The highest BCUT2D eigenvalue weighted by Gasteiger charge is 2.47. The Kier molecular flexibility index (Phi) is 4.67. The summed E-state index contributed by atoms with van der Waals surface area (Å²) in [5, 5.41) is 2.84. The van der Waals surface area contributed by atoms with Crippen molar-refractivity contribution in [2.45, 2.75) is 18.4 Å². The van der Waals surface area contributed by atoms with E-state index in [0.29, 0.717) is 12.1 Å². The summed E-state index contributed by atoms with van der Waals surface area (Å²) in [6.45, 7) is 0.458. The van der Waals surface area contributed by atoms with Gasteiger partial charge in [-0.2, -0.15) is 26.3 Å². The molecule has 1 fully saturated rings. The summed E-state index contributed by atoms with van der Waals surface area (Å²) in [5.74, 6) is -1.30. The molecule has 22 heavy (non-hydrogen) atoms. The standard InChI is InChI=1S/C13H13F7N2/c14-10-2-1-8(12(15,16)17)7-9(10)11(13(18,19)20)22-5-3-21-4-6-22/h1-2,7,11,21H,3-6H2/t11-/m0/s1. The van der Waals surface area contributed by atoms with Crippen molar-refractivity contribution in [3.05, 3.63) is 35.1 Å². The van der Waals surface area contributed by atoms with Crippen LogP contribution < -0.4 is 5.32 Å². The highest BCUT2D eigenvalue weighted by atomic mass is 19.4. The molecule has 1 heterocycles. The van der Waals surface area contributed by atoms with Crippen LogP contribution in [0.1, 0.15) is 17.2 Å². The van der Waals surface area contributed by atoms with Gasteiger partial charge in [0.2, 0.25) is 0 Å². The first-order chi connectivity index (χ1) is 10.1.